The van der Waals surface area contributed by atoms with Gasteiger partial charge in [0.25, 0.3) is 0 Å². The summed E-state index contributed by atoms with van der Waals surface area (Å²) in [4.78, 5) is 25.1. The predicted octanol–water partition coefficient (Wildman–Crippen LogP) is 29.6. The average molecular weight is 1760 g/mol. The number of nitrogens with zero attached hydrogens (tertiary/aromatic N) is 10. The molecule has 0 unspecified atom stereocenters. The standard InChI is InChI=1S/C124H88B4N10/c1-5-41-105(42-6-1)131-117-53-21-25-57-121(117)135(113-61-29-37-91-33-13-17-49-109(91)113)125(131)95-69-81-101(82-70-95)129(102-83-71-96(72-84-102)126-132(106-43-7-2-8-44-106)118-54-22-26-58-122(118)136(126)114-62-30-38-92-34-14-18-50-110(92)114)99-77-65-89(66-78-99)90-67-79-100(80-68-90)130(103-85-73-97(74-86-103)127-133(107-45-9-3-10-46-107)119-55-23-27-59-123(119)137(127)115-63-31-39-93-35-15-19-51-111(93)115)104-87-75-98(76-88-104)128-134(108-47-11-4-12-48-108)120-56-24-28-60-124(120)138(128)116-64-32-40-94-36-16-20-52-112(94)116/h1-88H. The average Bonchev–Trinajstić information content (AvgIpc) is 1.59. The molecule has 4 aliphatic heterocycles. The molecule has 26 rings (SSSR count). The van der Waals surface area contributed by atoms with Gasteiger partial charge < -0.3 is 48.3 Å². The minimum Gasteiger partial charge on any atom is -0.360 e. The minimum atomic E-state index is -0.245. The summed E-state index contributed by atoms with van der Waals surface area (Å²) in [6.07, 6.45) is 0. The van der Waals surface area contributed by atoms with Crippen LogP contribution >= 0.6 is 0 Å². The van der Waals surface area contributed by atoms with Crippen molar-refractivity contribution in [3.05, 3.63) is 534 Å². The zero-order valence-electron chi connectivity index (χ0n) is 75.6. The first-order valence-electron chi connectivity index (χ1n) is 47.6. The molecule has 22 aromatic rings. The lowest BCUT2D eigenvalue weighted by atomic mass is 9.64. The van der Waals surface area contributed by atoms with E-state index in [0.717, 1.165) is 158 Å². The maximum Gasteiger partial charge on any atom is 0.420 e. The largest absolute Gasteiger partial charge is 0.420 e. The van der Waals surface area contributed by atoms with Crippen molar-refractivity contribution in [1.82, 2.24) is 0 Å². The molecule has 22 aromatic carbocycles. The molecule has 14 heteroatoms. The quantitative estimate of drug-likeness (QED) is 0.0730. The van der Waals surface area contributed by atoms with Crippen LogP contribution in [0.5, 0.6) is 0 Å². The lowest BCUT2D eigenvalue weighted by molar-refractivity contribution is 1.28. The minimum absolute atomic E-state index is 0.245. The van der Waals surface area contributed by atoms with Crippen LogP contribution in [-0.2, 0) is 0 Å². The Hall–Kier alpha value is -17.9. The van der Waals surface area contributed by atoms with Gasteiger partial charge in [-0.3, -0.25) is 0 Å². The van der Waals surface area contributed by atoms with Gasteiger partial charge in [0, 0.05) is 101 Å². The summed E-state index contributed by atoms with van der Waals surface area (Å²) in [7, 11) is 0. The molecule has 646 valence electrons. The smallest absolute Gasteiger partial charge is 0.360 e. The van der Waals surface area contributed by atoms with Gasteiger partial charge in [0.15, 0.2) is 0 Å². The van der Waals surface area contributed by atoms with E-state index < -0.39 is 0 Å². The SMILES string of the molecule is c1ccc(N2B(c3ccc(N(c4ccc(B5N(c6ccccc6)c6ccccc6N5c5cccc6ccccc56)cc4)c4ccc(-c5ccc(N(c6ccc(B7N(c8ccccc8)c8ccccc8N7c7cccc8ccccc78)cc6)c6ccc(B7N(c8ccccc8)c8ccccc8N7c7cccc8ccccc78)cc6)cc5)cc4)cc3)N(c3cccc4ccccc34)c3ccccc32)cc1. The van der Waals surface area contributed by atoms with Gasteiger partial charge in [0.1, 0.15) is 0 Å². The second-order valence-electron chi connectivity index (χ2n) is 35.9. The number of benzene rings is 22. The fourth-order valence-electron chi connectivity index (χ4n) is 22.1. The summed E-state index contributed by atoms with van der Waals surface area (Å²) in [5.74, 6) is 0. The van der Waals surface area contributed by atoms with Crippen molar-refractivity contribution in [3.63, 3.8) is 0 Å². The first kappa shape index (κ1) is 81.0. The van der Waals surface area contributed by atoms with Gasteiger partial charge in [-0.05, 0) is 249 Å². The Kier molecular flexibility index (Phi) is 20.1. The monoisotopic (exact) mass is 1760 g/mol. The number of rotatable bonds is 19. The summed E-state index contributed by atoms with van der Waals surface area (Å²) in [6.45, 7) is -0.981. The number of hydrogen-bond acceptors (Lipinski definition) is 10. The second-order valence-corrected chi connectivity index (χ2v) is 35.9. The first-order chi connectivity index (χ1) is 68.5. The molecular weight excluding hydrogens is 1670 g/mol. The molecule has 0 N–H and O–H groups in total. The molecule has 0 saturated carbocycles. The van der Waals surface area contributed by atoms with E-state index in [1.54, 1.807) is 0 Å². The highest BCUT2D eigenvalue weighted by atomic mass is 15.3. The van der Waals surface area contributed by atoms with E-state index in [-0.39, 0.29) is 27.9 Å². The third-order valence-corrected chi connectivity index (χ3v) is 28.2. The van der Waals surface area contributed by atoms with Crippen molar-refractivity contribution in [3.8, 4) is 11.1 Å². The zero-order valence-corrected chi connectivity index (χ0v) is 75.6. The molecule has 4 aliphatic rings. The highest BCUT2D eigenvalue weighted by Crippen LogP contribution is 2.54. The van der Waals surface area contributed by atoms with Gasteiger partial charge in [-0.25, -0.2) is 0 Å². The maximum atomic E-state index is 2.54. The zero-order chi connectivity index (χ0) is 91.1. The molecule has 0 saturated heterocycles. The van der Waals surface area contributed by atoms with Crippen LogP contribution in [0.4, 0.5) is 125 Å². The predicted molar refractivity (Wildman–Crippen MR) is 587 cm³/mol. The molecule has 0 fully saturated rings. The van der Waals surface area contributed by atoms with Gasteiger partial charge in [-0.15, -0.1) is 0 Å². The van der Waals surface area contributed by atoms with E-state index in [2.05, 4.69) is 582 Å². The van der Waals surface area contributed by atoms with Crippen LogP contribution in [0.2, 0.25) is 0 Å². The molecule has 0 aromatic heterocycles. The Balaban J connectivity index is 0.596. The molecule has 4 heterocycles. The van der Waals surface area contributed by atoms with Crippen molar-refractivity contribution in [2.24, 2.45) is 0 Å². The van der Waals surface area contributed by atoms with E-state index in [4.69, 9.17) is 0 Å². The summed E-state index contributed by atoms with van der Waals surface area (Å²) < 4.78 is 0. The van der Waals surface area contributed by atoms with Crippen molar-refractivity contribution in [1.29, 1.82) is 0 Å². The normalized spacial score (nSPS) is 13.2. The third kappa shape index (κ3) is 13.8. The van der Waals surface area contributed by atoms with Crippen LogP contribution in [0.25, 0.3) is 54.2 Å². The molecule has 0 amide bonds. The summed E-state index contributed by atoms with van der Waals surface area (Å²) in [5.41, 5.74) is 31.1. The number of fused-ring (bicyclic) bond motifs is 8. The van der Waals surface area contributed by atoms with Crippen LogP contribution in [0.1, 0.15) is 0 Å². The Morgan fingerprint density at radius 1 is 0.123 bits per heavy atom. The van der Waals surface area contributed by atoms with E-state index >= 15 is 0 Å². The topological polar surface area (TPSA) is 32.4 Å². The van der Waals surface area contributed by atoms with Gasteiger partial charge in [0.05, 0.1) is 45.5 Å². The molecular formula is C124H88B4N10. The number of hydrogen-bond donors (Lipinski definition) is 0. The summed E-state index contributed by atoms with van der Waals surface area (Å²) >= 11 is 0. The van der Waals surface area contributed by atoms with Gasteiger partial charge >= 0.3 is 27.9 Å². The number of anilines is 22. The molecule has 0 aliphatic carbocycles. The van der Waals surface area contributed by atoms with Gasteiger partial charge in [-0.2, -0.15) is 0 Å². The summed E-state index contributed by atoms with van der Waals surface area (Å²) in [6, 6.07) is 197. The fraction of sp³-hybridized carbons (Fsp3) is 0. The van der Waals surface area contributed by atoms with Crippen LogP contribution in [0, 0.1) is 0 Å². The second kappa shape index (κ2) is 34.3. The van der Waals surface area contributed by atoms with Gasteiger partial charge in [-0.1, -0.05) is 340 Å². The molecule has 0 radical (unpaired) electrons. The Labute approximate surface area is 805 Å². The van der Waals surface area contributed by atoms with Gasteiger partial charge in [0.2, 0.25) is 0 Å². The summed E-state index contributed by atoms with van der Waals surface area (Å²) in [5, 5.41) is 9.55. The molecule has 0 spiro atoms. The molecule has 0 bridgehead atoms. The van der Waals surface area contributed by atoms with E-state index in [1.165, 1.54) is 43.1 Å². The third-order valence-electron chi connectivity index (χ3n) is 28.2. The Bertz CT molecular complexity index is 7350. The van der Waals surface area contributed by atoms with Crippen molar-refractivity contribution >= 4 is 218 Å². The highest BCUT2D eigenvalue weighted by molar-refractivity contribution is 6.87. The van der Waals surface area contributed by atoms with Crippen LogP contribution in [0.15, 0.2) is 534 Å². The highest BCUT2D eigenvalue weighted by Gasteiger charge is 2.49. The van der Waals surface area contributed by atoms with Crippen molar-refractivity contribution in [2.45, 2.75) is 0 Å². The lowest BCUT2D eigenvalue weighted by Crippen LogP contribution is -2.53. The first-order valence-corrected chi connectivity index (χ1v) is 47.6. The van der Waals surface area contributed by atoms with Crippen LogP contribution < -0.4 is 70.1 Å². The van der Waals surface area contributed by atoms with Crippen LogP contribution in [-0.4, -0.2) is 27.9 Å². The van der Waals surface area contributed by atoms with Crippen LogP contribution in [0.3, 0.4) is 0 Å². The maximum absolute atomic E-state index is 2.54. The fourth-order valence-corrected chi connectivity index (χ4v) is 22.1. The van der Waals surface area contributed by atoms with E-state index in [9.17, 15) is 0 Å². The van der Waals surface area contributed by atoms with E-state index in [1.807, 2.05) is 0 Å². The van der Waals surface area contributed by atoms with E-state index in [0.29, 0.717) is 0 Å². The number of para-hydroxylation sites is 12. The Morgan fingerprint density at radius 3 is 0.493 bits per heavy atom. The molecule has 10 nitrogen and oxygen atoms in total. The van der Waals surface area contributed by atoms with Crippen molar-refractivity contribution in [2.75, 3.05) is 48.3 Å². The Morgan fingerprint density at radius 2 is 0.283 bits per heavy atom. The lowest BCUT2D eigenvalue weighted by Gasteiger charge is -2.32. The molecule has 138 heavy (non-hydrogen) atoms. The molecule has 0 atom stereocenters. The van der Waals surface area contributed by atoms with Crippen molar-refractivity contribution < 1.29 is 0 Å².